The van der Waals surface area contributed by atoms with Crippen molar-refractivity contribution in [2.45, 2.75) is 52.0 Å². The van der Waals surface area contributed by atoms with Gasteiger partial charge in [0.2, 0.25) is 11.7 Å². The van der Waals surface area contributed by atoms with E-state index in [9.17, 15) is 9.59 Å². The molecule has 3 rings (SSSR count). The number of carbonyl (C=O) groups excluding carboxylic acids is 1. The fraction of sp³-hybridized carbons (Fsp3) is 0.714. The van der Waals surface area contributed by atoms with Crippen LogP contribution in [0.4, 0.5) is 20.8 Å². The van der Waals surface area contributed by atoms with Crippen LogP contribution in [0.1, 0.15) is 44.9 Å². The number of hydrogen-bond acceptors (Lipinski definition) is 7. The Kier molecular flexibility index (Phi) is 8.05. The van der Waals surface area contributed by atoms with Crippen LogP contribution in [0.3, 0.4) is 0 Å². The van der Waals surface area contributed by atoms with Gasteiger partial charge >= 0.3 is 6.09 Å². The van der Waals surface area contributed by atoms with E-state index in [4.69, 9.17) is 5.11 Å². The molecule has 4 N–H and O–H groups in total. The van der Waals surface area contributed by atoms with Crippen LogP contribution in [-0.4, -0.2) is 71.2 Å². The highest BCUT2D eigenvalue weighted by Gasteiger charge is 2.28. The number of piperazine rings is 1. The fourth-order valence-electron chi connectivity index (χ4n) is 4.44. The molecule has 11 heteroatoms. The summed E-state index contributed by atoms with van der Waals surface area (Å²) in [4.78, 5) is 36.2. The first-order valence-corrected chi connectivity index (χ1v) is 11.3. The first kappa shape index (κ1) is 24.0. The van der Waals surface area contributed by atoms with E-state index in [1.165, 1.54) is 0 Å². The van der Waals surface area contributed by atoms with E-state index in [1.54, 1.807) is 6.92 Å². The molecule has 2 atom stereocenters. The summed E-state index contributed by atoms with van der Waals surface area (Å²) in [7, 11) is 2.04. The number of nitrogens with one attached hydrogen (secondary N) is 3. The van der Waals surface area contributed by atoms with Crippen LogP contribution < -0.4 is 21.1 Å². The van der Waals surface area contributed by atoms with Crippen LogP contribution in [0.2, 0.25) is 0 Å². The Bertz CT molecular complexity index is 819. The summed E-state index contributed by atoms with van der Waals surface area (Å²) >= 11 is 0. The lowest BCUT2D eigenvalue weighted by Gasteiger charge is -2.38. The first-order valence-electron chi connectivity index (χ1n) is 11.3. The molecule has 1 aliphatic carbocycles. The molecular formula is C21H34FN7O3. The number of anilines is 2. The quantitative estimate of drug-likeness (QED) is 0.443. The minimum atomic E-state index is -1.18. The van der Waals surface area contributed by atoms with Gasteiger partial charge in [-0.3, -0.25) is 15.6 Å². The summed E-state index contributed by atoms with van der Waals surface area (Å²) < 4.78 is 15.2. The van der Waals surface area contributed by atoms with E-state index >= 15 is 4.39 Å². The molecule has 1 saturated heterocycles. The molecule has 1 aromatic rings. The van der Waals surface area contributed by atoms with Gasteiger partial charge in [0, 0.05) is 32.2 Å². The van der Waals surface area contributed by atoms with Crippen LogP contribution in [0, 0.1) is 24.6 Å². The van der Waals surface area contributed by atoms with Gasteiger partial charge in [0.05, 0.1) is 5.92 Å². The molecule has 1 aromatic heterocycles. The number of carbonyl (C=O) groups is 2. The zero-order valence-electron chi connectivity index (χ0n) is 19.0. The number of hydrogen-bond donors (Lipinski definition) is 4. The first-order chi connectivity index (χ1) is 15.2. The van der Waals surface area contributed by atoms with Gasteiger partial charge in [-0.25, -0.2) is 14.8 Å². The van der Waals surface area contributed by atoms with Crippen LogP contribution in [0.25, 0.3) is 0 Å². The third kappa shape index (κ3) is 6.18. The van der Waals surface area contributed by atoms with Gasteiger partial charge in [-0.1, -0.05) is 25.7 Å². The van der Waals surface area contributed by atoms with E-state index in [-0.39, 0.29) is 24.2 Å². The molecule has 0 radical (unpaired) electrons. The number of amides is 2. The van der Waals surface area contributed by atoms with Gasteiger partial charge in [-0.15, -0.1) is 0 Å². The van der Waals surface area contributed by atoms with Crippen LogP contribution in [0.15, 0.2) is 0 Å². The molecule has 10 nitrogen and oxygen atoms in total. The largest absolute Gasteiger partial charge is 0.465 e. The van der Waals surface area contributed by atoms with Gasteiger partial charge in [-0.2, -0.15) is 4.39 Å². The normalized spacial score (nSPS) is 20.8. The van der Waals surface area contributed by atoms with Crippen molar-refractivity contribution in [2.24, 2.45) is 11.8 Å². The molecular weight excluding hydrogens is 417 g/mol. The van der Waals surface area contributed by atoms with Crippen molar-refractivity contribution in [1.82, 2.24) is 25.6 Å². The number of carboxylic acid groups (broad SMARTS) is 1. The summed E-state index contributed by atoms with van der Waals surface area (Å²) in [6, 6.07) is 0.257. The van der Waals surface area contributed by atoms with Crippen molar-refractivity contribution in [3.05, 3.63) is 11.6 Å². The summed E-state index contributed by atoms with van der Waals surface area (Å²) in [6.45, 7) is 5.84. The summed E-state index contributed by atoms with van der Waals surface area (Å²) in [5.74, 6) is -0.669. The molecule has 1 aliphatic heterocycles. The smallest absolute Gasteiger partial charge is 0.404 e. The number of likely N-dealkylation sites (N-methyl/N-ethyl adjacent to an activating group) is 1. The van der Waals surface area contributed by atoms with Crippen molar-refractivity contribution in [3.8, 4) is 0 Å². The average molecular weight is 452 g/mol. The van der Waals surface area contributed by atoms with Crippen LogP contribution in [-0.2, 0) is 4.79 Å². The van der Waals surface area contributed by atoms with Gasteiger partial charge in [-0.05, 0) is 33.2 Å². The minimum Gasteiger partial charge on any atom is -0.465 e. The Balaban J connectivity index is 1.67. The van der Waals surface area contributed by atoms with Crippen molar-refractivity contribution < 1.29 is 19.1 Å². The molecule has 0 spiro atoms. The molecule has 2 fully saturated rings. The Morgan fingerprint density at radius 1 is 1.25 bits per heavy atom. The summed E-state index contributed by atoms with van der Waals surface area (Å²) in [5.41, 5.74) is 5.14. The number of aryl methyl sites for hydroxylation is 1. The van der Waals surface area contributed by atoms with E-state index < -0.39 is 23.7 Å². The molecule has 32 heavy (non-hydrogen) atoms. The monoisotopic (exact) mass is 451 g/mol. The van der Waals surface area contributed by atoms with E-state index in [0.717, 1.165) is 32.2 Å². The third-order valence-electron chi connectivity index (χ3n) is 6.47. The Hall–Kier alpha value is -2.69. The topological polar surface area (TPSA) is 123 Å². The molecule has 1 saturated carbocycles. The lowest BCUT2D eigenvalue weighted by molar-refractivity contribution is -0.124. The van der Waals surface area contributed by atoms with Gasteiger partial charge in [0.25, 0.3) is 0 Å². The lowest BCUT2D eigenvalue weighted by Crippen LogP contribution is -2.50. The van der Waals surface area contributed by atoms with Crippen LogP contribution in [0.5, 0.6) is 0 Å². The molecule has 2 heterocycles. The van der Waals surface area contributed by atoms with E-state index in [0.29, 0.717) is 31.3 Å². The molecule has 2 amide bonds. The van der Waals surface area contributed by atoms with Crippen molar-refractivity contribution in [2.75, 3.05) is 43.6 Å². The van der Waals surface area contributed by atoms with E-state index in [2.05, 4.69) is 38.0 Å². The molecule has 0 unspecified atom stereocenters. The zero-order chi connectivity index (χ0) is 23.3. The maximum atomic E-state index is 15.2. The van der Waals surface area contributed by atoms with Crippen LogP contribution >= 0.6 is 0 Å². The number of aromatic nitrogens is 2. The minimum absolute atomic E-state index is 0.00899. The fourth-order valence-corrected chi connectivity index (χ4v) is 4.44. The highest BCUT2D eigenvalue weighted by molar-refractivity contribution is 5.80. The van der Waals surface area contributed by atoms with Crippen molar-refractivity contribution in [3.63, 3.8) is 0 Å². The third-order valence-corrected chi connectivity index (χ3v) is 6.47. The summed E-state index contributed by atoms with van der Waals surface area (Å²) in [5, 5.41) is 11.2. The Morgan fingerprint density at radius 3 is 2.62 bits per heavy atom. The van der Waals surface area contributed by atoms with Crippen molar-refractivity contribution >= 4 is 23.6 Å². The standard InChI is InChI=1S/C21H34FN7O3/c1-13-12-29(9-8-28(13)3)19-17(22)18(24-14(2)25-19)26-27-20(30)16(11-23-21(31)32)10-15-6-4-5-7-15/h13,15-16,23H,4-12H2,1-3H3,(H,27,30)(H,31,32)(H,24,25,26)/t13-,16+/m0/s1. The second-order valence-electron chi connectivity index (χ2n) is 8.92. The van der Waals surface area contributed by atoms with Gasteiger partial charge in [0.1, 0.15) is 5.82 Å². The van der Waals surface area contributed by atoms with Gasteiger partial charge in [0.15, 0.2) is 11.6 Å². The highest BCUT2D eigenvalue weighted by atomic mass is 19.1. The summed E-state index contributed by atoms with van der Waals surface area (Å²) in [6.07, 6.45) is 3.74. The number of hydrazine groups is 1. The zero-order valence-corrected chi connectivity index (χ0v) is 19.0. The number of nitrogens with zero attached hydrogens (tertiary/aromatic N) is 4. The average Bonchev–Trinajstić information content (AvgIpc) is 3.26. The second-order valence-corrected chi connectivity index (χ2v) is 8.92. The maximum Gasteiger partial charge on any atom is 0.404 e. The maximum absolute atomic E-state index is 15.2. The van der Waals surface area contributed by atoms with Gasteiger partial charge < -0.3 is 20.2 Å². The number of rotatable bonds is 8. The number of halogens is 1. The predicted octanol–water partition coefficient (Wildman–Crippen LogP) is 1.97. The highest BCUT2D eigenvalue weighted by Crippen LogP contribution is 2.30. The van der Waals surface area contributed by atoms with E-state index in [1.807, 2.05) is 11.9 Å². The molecule has 0 bridgehead atoms. The molecule has 178 valence electrons. The predicted molar refractivity (Wildman–Crippen MR) is 119 cm³/mol. The Labute approximate surface area is 187 Å². The molecule has 0 aromatic carbocycles. The lowest BCUT2D eigenvalue weighted by atomic mass is 9.92. The SMILES string of the molecule is Cc1nc(NNC(=O)[C@@H](CNC(=O)O)CC2CCCC2)c(F)c(N2CCN(C)[C@@H](C)C2)n1. The second kappa shape index (κ2) is 10.8. The van der Waals surface area contributed by atoms with Crippen molar-refractivity contribution in [1.29, 1.82) is 0 Å². The molecule has 2 aliphatic rings. The Morgan fingerprint density at radius 2 is 1.97 bits per heavy atom.